The van der Waals surface area contributed by atoms with Crippen molar-refractivity contribution in [1.29, 1.82) is 0 Å². The van der Waals surface area contributed by atoms with Gasteiger partial charge in [-0.25, -0.2) is 4.76 Å². The highest BCUT2D eigenvalue weighted by Gasteiger charge is 2.27. The lowest BCUT2D eigenvalue weighted by Gasteiger charge is -2.21. The van der Waals surface area contributed by atoms with Crippen molar-refractivity contribution < 1.29 is 10.0 Å². The Morgan fingerprint density at radius 1 is 0.610 bits per heavy atom. The quantitative estimate of drug-likeness (QED) is 0.157. The van der Waals surface area contributed by atoms with Gasteiger partial charge in [0.1, 0.15) is 0 Å². The summed E-state index contributed by atoms with van der Waals surface area (Å²) in [6.45, 7) is 0. The van der Waals surface area contributed by atoms with E-state index in [-0.39, 0.29) is 17.9 Å². The number of hydrogen-bond acceptors (Lipinski definition) is 4. The van der Waals surface area contributed by atoms with Crippen LogP contribution in [0.3, 0.4) is 0 Å². The van der Waals surface area contributed by atoms with E-state index in [1.165, 1.54) is 0 Å². The SMILES string of the molecule is CN(C)c1ccc(C(=NP2(=O)C=C(c3ccccc3)SC(c3ccccc3)=C2)c2ccc(N(C)C)cc2)cc1.Cl.O. The molecule has 5 nitrogen and oxygen atoms in total. The first-order chi connectivity index (χ1) is 18.8. The molecule has 2 N–H and O–H groups in total. The molecule has 0 atom stereocenters. The van der Waals surface area contributed by atoms with Gasteiger partial charge in [-0.05, 0) is 35.4 Å². The molecule has 1 aliphatic rings. The third kappa shape index (κ3) is 7.60. The van der Waals surface area contributed by atoms with Gasteiger partial charge < -0.3 is 15.3 Å². The van der Waals surface area contributed by atoms with Gasteiger partial charge in [-0.3, -0.25) is 4.57 Å². The van der Waals surface area contributed by atoms with E-state index in [1.54, 1.807) is 11.8 Å². The molecule has 1 heterocycles. The molecule has 0 fully saturated rings. The van der Waals surface area contributed by atoms with Crippen LogP contribution in [0.15, 0.2) is 126 Å². The van der Waals surface area contributed by atoms with E-state index in [1.807, 2.05) is 76.2 Å². The normalized spacial score (nSPS) is 13.5. The molecule has 0 radical (unpaired) electrons. The third-order valence-electron chi connectivity index (χ3n) is 6.51. The topological polar surface area (TPSA) is 67.4 Å². The zero-order valence-electron chi connectivity index (χ0n) is 23.6. The molecule has 4 aromatic rings. The Morgan fingerprint density at radius 3 is 1.32 bits per heavy atom. The van der Waals surface area contributed by atoms with E-state index in [0.717, 1.165) is 43.4 Å². The highest BCUT2D eigenvalue weighted by atomic mass is 35.5. The lowest BCUT2D eigenvalue weighted by atomic mass is 10.0. The van der Waals surface area contributed by atoms with Crippen LogP contribution in [0, 0.1) is 0 Å². The Labute approximate surface area is 253 Å². The Morgan fingerprint density at radius 2 is 0.976 bits per heavy atom. The first-order valence-electron chi connectivity index (χ1n) is 12.8. The predicted octanol–water partition coefficient (Wildman–Crippen LogP) is 8.28. The summed E-state index contributed by atoms with van der Waals surface area (Å²) in [6, 6.07) is 36.8. The Hall–Kier alpha value is -3.54. The molecular formula is C33H35ClN3O2PS. The molecule has 8 heteroatoms. The molecule has 41 heavy (non-hydrogen) atoms. The summed E-state index contributed by atoms with van der Waals surface area (Å²) >= 11 is 1.64. The second-order valence-electron chi connectivity index (χ2n) is 9.82. The molecule has 0 unspecified atom stereocenters. The maximum atomic E-state index is 14.7. The molecule has 0 saturated heterocycles. The van der Waals surface area contributed by atoms with Crippen molar-refractivity contribution in [2.45, 2.75) is 0 Å². The molecule has 1 aliphatic heterocycles. The number of halogens is 1. The second kappa shape index (κ2) is 13.9. The monoisotopic (exact) mass is 603 g/mol. The van der Waals surface area contributed by atoms with Gasteiger partial charge in [0.2, 0.25) is 7.29 Å². The van der Waals surface area contributed by atoms with Crippen LogP contribution in [-0.2, 0) is 4.57 Å². The minimum atomic E-state index is -3.28. The first-order valence-corrected chi connectivity index (χ1v) is 15.4. The standard InChI is InChI=1S/C33H32N3OPS.ClH.H2O/c1-35(2)29-19-15-27(16-20-29)33(28-17-21-30(22-18-28)36(3)4)34-38(37)23-31(25-11-7-5-8-12-25)39-32(24-38)26-13-9-6-10-14-26;;/h5-24H,1-4H3;1H;1H2. The van der Waals surface area contributed by atoms with Gasteiger partial charge in [0.25, 0.3) is 0 Å². The van der Waals surface area contributed by atoms with E-state index < -0.39 is 7.29 Å². The lowest BCUT2D eigenvalue weighted by molar-refractivity contribution is 0.587. The maximum absolute atomic E-state index is 14.7. The number of anilines is 2. The zero-order chi connectivity index (χ0) is 27.4. The molecule has 0 spiro atoms. The summed E-state index contributed by atoms with van der Waals surface area (Å²) in [7, 11) is 4.80. The van der Waals surface area contributed by atoms with E-state index in [2.05, 4.69) is 82.6 Å². The summed E-state index contributed by atoms with van der Waals surface area (Å²) in [4.78, 5) is 6.04. The largest absolute Gasteiger partial charge is 0.412 e. The van der Waals surface area contributed by atoms with Crippen LogP contribution in [0.5, 0.6) is 0 Å². The van der Waals surface area contributed by atoms with Gasteiger partial charge in [-0.1, -0.05) is 96.7 Å². The summed E-state index contributed by atoms with van der Waals surface area (Å²) in [5.41, 5.74) is 6.83. The molecule has 5 rings (SSSR count). The fraction of sp³-hybridized carbons (Fsp3) is 0.121. The molecule has 0 amide bonds. The Kier molecular flexibility index (Phi) is 10.8. The van der Waals surface area contributed by atoms with Crippen LogP contribution in [-0.4, -0.2) is 39.4 Å². The molecule has 4 aromatic carbocycles. The van der Waals surface area contributed by atoms with E-state index >= 15 is 0 Å². The number of hydrogen-bond donors (Lipinski definition) is 0. The number of rotatable bonds is 7. The van der Waals surface area contributed by atoms with Crippen LogP contribution < -0.4 is 9.80 Å². The number of nitrogens with zero attached hydrogens (tertiary/aromatic N) is 3. The molecule has 212 valence electrons. The summed E-state index contributed by atoms with van der Waals surface area (Å²) in [5, 5.41) is 0. The number of benzene rings is 4. The van der Waals surface area contributed by atoms with Crippen molar-refractivity contribution in [3.8, 4) is 0 Å². The van der Waals surface area contributed by atoms with Crippen LogP contribution in [0.2, 0.25) is 0 Å². The minimum Gasteiger partial charge on any atom is -0.412 e. The molecule has 0 saturated carbocycles. The predicted molar refractivity (Wildman–Crippen MR) is 182 cm³/mol. The van der Waals surface area contributed by atoms with Gasteiger partial charge in [-0.2, -0.15) is 0 Å². The third-order valence-corrected chi connectivity index (χ3v) is 9.78. The number of thioether (sulfide) groups is 1. The van der Waals surface area contributed by atoms with Crippen molar-refractivity contribution in [2.75, 3.05) is 38.0 Å². The highest BCUT2D eigenvalue weighted by molar-refractivity contribution is 8.17. The van der Waals surface area contributed by atoms with E-state index in [9.17, 15) is 4.57 Å². The van der Waals surface area contributed by atoms with Crippen molar-refractivity contribution >= 4 is 58.4 Å². The van der Waals surface area contributed by atoms with Crippen molar-refractivity contribution in [3.63, 3.8) is 0 Å². The zero-order valence-corrected chi connectivity index (χ0v) is 26.1. The molecular weight excluding hydrogens is 569 g/mol. The van der Waals surface area contributed by atoms with Gasteiger partial charge in [-0.15, -0.1) is 12.4 Å². The van der Waals surface area contributed by atoms with E-state index in [4.69, 9.17) is 4.76 Å². The average Bonchev–Trinajstić information content (AvgIpc) is 2.97. The summed E-state index contributed by atoms with van der Waals surface area (Å²) in [6.07, 6.45) is 0. The minimum absolute atomic E-state index is 0. The van der Waals surface area contributed by atoms with Gasteiger partial charge in [0.05, 0.1) is 5.71 Å². The maximum Gasteiger partial charge on any atom is 0.236 e. The second-order valence-corrected chi connectivity index (χ2v) is 13.0. The summed E-state index contributed by atoms with van der Waals surface area (Å²) in [5.74, 6) is 3.73. The van der Waals surface area contributed by atoms with Gasteiger partial charge in [0.15, 0.2) is 0 Å². The molecule has 0 aromatic heterocycles. The van der Waals surface area contributed by atoms with Crippen LogP contribution in [0.25, 0.3) is 9.81 Å². The van der Waals surface area contributed by atoms with Crippen molar-refractivity contribution in [3.05, 3.63) is 143 Å². The fourth-order valence-electron chi connectivity index (χ4n) is 4.35. The van der Waals surface area contributed by atoms with Crippen molar-refractivity contribution in [1.82, 2.24) is 0 Å². The Bertz CT molecular complexity index is 1470. The smallest absolute Gasteiger partial charge is 0.236 e. The molecule has 0 aliphatic carbocycles. The molecule has 0 bridgehead atoms. The van der Waals surface area contributed by atoms with Gasteiger partial charge >= 0.3 is 0 Å². The van der Waals surface area contributed by atoms with Crippen LogP contribution in [0.1, 0.15) is 22.3 Å². The van der Waals surface area contributed by atoms with E-state index in [0.29, 0.717) is 5.71 Å². The van der Waals surface area contributed by atoms with Gasteiger partial charge in [0, 0.05) is 72.1 Å². The average molecular weight is 604 g/mol. The van der Waals surface area contributed by atoms with Crippen LogP contribution >= 0.6 is 31.5 Å². The first kappa shape index (κ1) is 32.0. The fourth-order valence-corrected chi connectivity index (χ4v) is 8.12. The van der Waals surface area contributed by atoms with Crippen LogP contribution in [0.4, 0.5) is 11.4 Å². The Balaban J connectivity index is 0.00000231. The summed E-state index contributed by atoms with van der Waals surface area (Å²) < 4.78 is 19.8. The van der Waals surface area contributed by atoms with Crippen molar-refractivity contribution in [2.24, 2.45) is 4.76 Å². The lowest BCUT2D eigenvalue weighted by Crippen LogP contribution is -2.10. The highest BCUT2D eigenvalue weighted by Crippen LogP contribution is 2.62.